The lowest BCUT2D eigenvalue weighted by Crippen LogP contribution is -2.25. The molecule has 0 heterocycles. The molecular weight excluding hydrogens is 164 g/mol. The Bertz CT molecular complexity index is 222. The van der Waals surface area contributed by atoms with Gasteiger partial charge >= 0.3 is 0 Å². The molecule has 0 aliphatic heterocycles. The third-order valence-corrected chi connectivity index (χ3v) is 1.31. The number of aldehydes is 1. The summed E-state index contributed by atoms with van der Waals surface area (Å²) in [5.74, 6) is 0. The van der Waals surface area contributed by atoms with Gasteiger partial charge in [-0.1, -0.05) is 30.3 Å². The molecular formula is C10H16N2O. The summed E-state index contributed by atoms with van der Waals surface area (Å²) in [5.41, 5.74) is 10.9. The van der Waals surface area contributed by atoms with Crippen LogP contribution in [0.1, 0.15) is 17.3 Å². The zero-order valence-electron chi connectivity index (χ0n) is 7.81. The van der Waals surface area contributed by atoms with E-state index in [2.05, 4.69) is 0 Å². The van der Waals surface area contributed by atoms with Crippen LogP contribution in [0.25, 0.3) is 0 Å². The third kappa shape index (κ3) is 7.18. The van der Waals surface area contributed by atoms with Gasteiger partial charge in [0.05, 0.1) is 0 Å². The molecule has 0 saturated carbocycles. The molecule has 1 rings (SSSR count). The van der Waals surface area contributed by atoms with E-state index in [1.165, 1.54) is 0 Å². The molecule has 0 bridgehead atoms. The summed E-state index contributed by atoms with van der Waals surface area (Å²) in [7, 11) is 0. The maximum atomic E-state index is 10.0. The van der Waals surface area contributed by atoms with Crippen LogP contribution in [0.3, 0.4) is 0 Å². The van der Waals surface area contributed by atoms with Crippen LogP contribution in [0.15, 0.2) is 30.3 Å². The predicted octanol–water partition coefficient (Wildman–Crippen LogP) is 0.791. The second-order valence-corrected chi connectivity index (χ2v) is 2.74. The van der Waals surface area contributed by atoms with Crippen molar-refractivity contribution in [2.24, 2.45) is 11.5 Å². The van der Waals surface area contributed by atoms with Gasteiger partial charge in [0.25, 0.3) is 0 Å². The molecule has 0 saturated heterocycles. The molecule has 1 aromatic carbocycles. The highest BCUT2D eigenvalue weighted by molar-refractivity contribution is 5.74. The first-order chi connectivity index (χ1) is 6.20. The Labute approximate surface area is 78.7 Å². The number of hydrogen-bond acceptors (Lipinski definition) is 3. The molecule has 0 aromatic heterocycles. The van der Waals surface area contributed by atoms with E-state index in [1.54, 1.807) is 12.1 Å². The van der Waals surface area contributed by atoms with E-state index in [0.29, 0.717) is 6.54 Å². The average molecular weight is 180 g/mol. The van der Waals surface area contributed by atoms with Crippen molar-refractivity contribution in [2.45, 2.75) is 13.0 Å². The van der Waals surface area contributed by atoms with E-state index in [9.17, 15) is 4.79 Å². The third-order valence-electron chi connectivity index (χ3n) is 1.31. The summed E-state index contributed by atoms with van der Waals surface area (Å²) in [4.78, 5) is 10.0. The van der Waals surface area contributed by atoms with Gasteiger partial charge in [-0.2, -0.15) is 0 Å². The summed E-state index contributed by atoms with van der Waals surface area (Å²) < 4.78 is 0. The molecule has 3 nitrogen and oxygen atoms in total. The standard InChI is InChI=1S/C7H6O.C3H10N2/c8-6-7-4-2-1-3-5-7;1-3(5)2-4/h1-6H;3H,2,4-5H2,1H3. The van der Waals surface area contributed by atoms with E-state index < -0.39 is 0 Å². The number of carbonyl (C=O) groups is 1. The van der Waals surface area contributed by atoms with Gasteiger partial charge in [-0.15, -0.1) is 0 Å². The molecule has 3 heteroatoms. The Morgan fingerprint density at radius 3 is 2.08 bits per heavy atom. The molecule has 1 unspecified atom stereocenters. The van der Waals surface area contributed by atoms with E-state index in [1.807, 2.05) is 25.1 Å². The fourth-order valence-electron chi connectivity index (χ4n) is 0.532. The molecule has 0 spiro atoms. The van der Waals surface area contributed by atoms with Crippen LogP contribution in [0.5, 0.6) is 0 Å². The fourth-order valence-corrected chi connectivity index (χ4v) is 0.532. The highest BCUT2D eigenvalue weighted by Crippen LogP contribution is 1.91. The molecule has 72 valence electrons. The van der Waals surface area contributed by atoms with Crippen molar-refractivity contribution in [1.29, 1.82) is 0 Å². The lowest BCUT2D eigenvalue weighted by molar-refractivity contribution is 0.112. The second-order valence-electron chi connectivity index (χ2n) is 2.74. The quantitative estimate of drug-likeness (QED) is 0.661. The van der Waals surface area contributed by atoms with Crippen LogP contribution in [-0.2, 0) is 0 Å². The number of nitrogens with two attached hydrogens (primary N) is 2. The van der Waals surface area contributed by atoms with Crippen molar-refractivity contribution < 1.29 is 4.79 Å². The van der Waals surface area contributed by atoms with Gasteiger partial charge in [-0.05, 0) is 6.92 Å². The molecule has 0 fully saturated rings. The van der Waals surface area contributed by atoms with Crippen LogP contribution < -0.4 is 11.5 Å². The van der Waals surface area contributed by atoms with Crippen LogP contribution in [0, 0.1) is 0 Å². The first-order valence-corrected chi connectivity index (χ1v) is 4.16. The minimum Gasteiger partial charge on any atom is -0.329 e. The lowest BCUT2D eigenvalue weighted by atomic mass is 10.2. The summed E-state index contributed by atoms with van der Waals surface area (Å²) in [5, 5.41) is 0. The van der Waals surface area contributed by atoms with Crippen molar-refractivity contribution in [1.82, 2.24) is 0 Å². The monoisotopic (exact) mass is 180 g/mol. The maximum absolute atomic E-state index is 10.0. The predicted molar refractivity (Wildman–Crippen MR) is 54.5 cm³/mol. The minimum atomic E-state index is 0.162. The smallest absolute Gasteiger partial charge is 0.150 e. The number of carbonyl (C=O) groups excluding carboxylic acids is 1. The lowest BCUT2D eigenvalue weighted by Gasteiger charge is -1.92. The first kappa shape index (κ1) is 11.8. The Kier molecular flexibility index (Phi) is 6.78. The van der Waals surface area contributed by atoms with Gasteiger partial charge in [0.1, 0.15) is 6.29 Å². The van der Waals surface area contributed by atoms with Crippen molar-refractivity contribution in [3.05, 3.63) is 35.9 Å². The number of hydrogen-bond donors (Lipinski definition) is 2. The normalized spacial score (nSPS) is 11.0. The van der Waals surface area contributed by atoms with Gasteiger partial charge in [0, 0.05) is 18.2 Å². The topological polar surface area (TPSA) is 69.1 Å². The summed E-state index contributed by atoms with van der Waals surface area (Å²) >= 11 is 0. The average Bonchev–Trinajstić information content (AvgIpc) is 2.20. The first-order valence-electron chi connectivity index (χ1n) is 4.16. The van der Waals surface area contributed by atoms with Crippen molar-refractivity contribution >= 4 is 6.29 Å². The number of benzene rings is 1. The van der Waals surface area contributed by atoms with Crippen molar-refractivity contribution in [3.63, 3.8) is 0 Å². The van der Waals surface area contributed by atoms with Gasteiger partial charge in [-0.25, -0.2) is 0 Å². The van der Waals surface area contributed by atoms with E-state index >= 15 is 0 Å². The largest absolute Gasteiger partial charge is 0.329 e. The minimum absolute atomic E-state index is 0.162. The van der Waals surface area contributed by atoms with Gasteiger partial charge in [-0.3, -0.25) is 4.79 Å². The van der Waals surface area contributed by atoms with Gasteiger partial charge in [0.15, 0.2) is 0 Å². The van der Waals surface area contributed by atoms with Crippen molar-refractivity contribution in [3.8, 4) is 0 Å². The molecule has 0 aliphatic carbocycles. The van der Waals surface area contributed by atoms with Crippen LogP contribution in [0.2, 0.25) is 0 Å². The highest BCUT2D eigenvalue weighted by Gasteiger charge is 1.80. The SMILES string of the molecule is CC(N)CN.O=Cc1ccccc1. The molecule has 1 aromatic rings. The number of rotatable bonds is 2. The summed E-state index contributed by atoms with van der Waals surface area (Å²) in [6.45, 7) is 2.46. The van der Waals surface area contributed by atoms with E-state index in [4.69, 9.17) is 11.5 Å². The molecule has 0 radical (unpaired) electrons. The second kappa shape index (κ2) is 7.46. The maximum Gasteiger partial charge on any atom is 0.150 e. The van der Waals surface area contributed by atoms with E-state index in [0.717, 1.165) is 11.8 Å². The Morgan fingerprint density at radius 1 is 1.38 bits per heavy atom. The molecule has 13 heavy (non-hydrogen) atoms. The Morgan fingerprint density at radius 2 is 1.85 bits per heavy atom. The highest BCUT2D eigenvalue weighted by atomic mass is 16.1. The zero-order valence-corrected chi connectivity index (χ0v) is 7.81. The molecule has 4 N–H and O–H groups in total. The van der Waals surface area contributed by atoms with Crippen LogP contribution in [0.4, 0.5) is 0 Å². The van der Waals surface area contributed by atoms with Crippen LogP contribution >= 0.6 is 0 Å². The Balaban J connectivity index is 0.000000252. The Hall–Kier alpha value is -1.19. The van der Waals surface area contributed by atoms with Gasteiger partial charge in [0.2, 0.25) is 0 Å². The summed E-state index contributed by atoms with van der Waals surface area (Å²) in [6.07, 6.45) is 0.833. The fraction of sp³-hybridized carbons (Fsp3) is 0.300. The van der Waals surface area contributed by atoms with Crippen LogP contribution in [-0.4, -0.2) is 18.9 Å². The zero-order chi connectivity index (χ0) is 10.1. The van der Waals surface area contributed by atoms with Crippen molar-refractivity contribution in [2.75, 3.05) is 6.54 Å². The van der Waals surface area contributed by atoms with Gasteiger partial charge < -0.3 is 11.5 Å². The molecule has 1 atom stereocenters. The molecule has 0 aliphatic rings. The molecule has 0 amide bonds. The summed E-state index contributed by atoms with van der Waals surface area (Å²) in [6, 6.07) is 9.26. The van der Waals surface area contributed by atoms with E-state index in [-0.39, 0.29) is 6.04 Å².